The summed E-state index contributed by atoms with van der Waals surface area (Å²) in [6.45, 7) is 3.59. The smallest absolute Gasteiger partial charge is 0.248 e. The molecular weight excluding hydrogens is 429 g/mol. The number of rotatable bonds is 6. The van der Waals surface area contributed by atoms with Crippen LogP contribution >= 0.6 is 0 Å². The molecule has 0 saturated carbocycles. The predicted octanol–water partition coefficient (Wildman–Crippen LogP) is 1.32. The summed E-state index contributed by atoms with van der Waals surface area (Å²) in [6.07, 6.45) is 3.32. The van der Waals surface area contributed by atoms with E-state index >= 15 is 0 Å². The van der Waals surface area contributed by atoms with E-state index in [0.29, 0.717) is 24.8 Å². The summed E-state index contributed by atoms with van der Waals surface area (Å²) < 4.78 is 21.5. The number of benzene rings is 1. The Morgan fingerprint density at radius 3 is 2.76 bits per heavy atom. The van der Waals surface area contributed by atoms with Gasteiger partial charge >= 0.3 is 0 Å². The van der Waals surface area contributed by atoms with Gasteiger partial charge in [-0.3, -0.25) is 0 Å². The number of nitrogen functional groups attached to an aromatic ring is 1. The first-order valence-electron chi connectivity index (χ1n) is 10.9. The molecule has 33 heavy (non-hydrogen) atoms. The lowest BCUT2D eigenvalue weighted by Gasteiger charge is -2.29. The molecule has 0 radical (unpaired) electrons. The molecule has 2 aliphatic rings. The lowest BCUT2D eigenvalue weighted by atomic mass is 10.2. The molecule has 11 nitrogen and oxygen atoms in total. The van der Waals surface area contributed by atoms with Crippen molar-refractivity contribution in [2.24, 2.45) is 0 Å². The van der Waals surface area contributed by atoms with E-state index in [1.807, 2.05) is 11.0 Å². The fourth-order valence-corrected chi connectivity index (χ4v) is 4.23. The summed E-state index contributed by atoms with van der Waals surface area (Å²) in [5.74, 6) is 0.963. The second-order valence-corrected chi connectivity index (χ2v) is 8.00. The summed E-state index contributed by atoms with van der Waals surface area (Å²) in [4.78, 5) is 16.9. The molecule has 0 amide bonds. The maximum absolute atomic E-state index is 14.8. The Hall–Kier alpha value is -3.51. The van der Waals surface area contributed by atoms with Crippen molar-refractivity contribution in [1.82, 2.24) is 24.7 Å². The highest BCUT2D eigenvalue weighted by atomic mass is 19.1. The number of nitrogens with one attached hydrogen (secondary N) is 1. The van der Waals surface area contributed by atoms with Crippen LogP contribution in [0.25, 0.3) is 5.82 Å². The zero-order valence-corrected chi connectivity index (χ0v) is 18.1. The Bertz CT molecular complexity index is 1120. The first-order valence-corrected chi connectivity index (χ1v) is 10.9. The van der Waals surface area contributed by atoms with E-state index < -0.39 is 5.82 Å². The van der Waals surface area contributed by atoms with E-state index in [0.717, 1.165) is 38.2 Å². The van der Waals surface area contributed by atoms with Gasteiger partial charge in [0.2, 0.25) is 11.9 Å². The molecule has 174 valence electrons. The summed E-state index contributed by atoms with van der Waals surface area (Å²) in [6, 6.07) is 6.77. The number of hydrogen-bond donors (Lipinski definition) is 3. The third-order valence-electron chi connectivity index (χ3n) is 5.94. The topological polar surface area (TPSA) is 130 Å². The van der Waals surface area contributed by atoms with E-state index in [4.69, 9.17) is 10.5 Å². The van der Waals surface area contributed by atoms with Gasteiger partial charge in [-0.2, -0.15) is 9.67 Å². The predicted molar refractivity (Wildman–Crippen MR) is 122 cm³/mol. The van der Waals surface area contributed by atoms with Crippen molar-refractivity contribution in [2.45, 2.75) is 18.9 Å². The zero-order chi connectivity index (χ0) is 22.8. The van der Waals surface area contributed by atoms with Crippen LogP contribution in [-0.2, 0) is 4.74 Å². The number of halogens is 1. The van der Waals surface area contributed by atoms with Crippen molar-refractivity contribution >= 4 is 29.1 Å². The third kappa shape index (κ3) is 4.39. The van der Waals surface area contributed by atoms with Crippen LogP contribution in [0.15, 0.2) is 30.6 Å². The van der Waals surface area contributed by atoms with Gasteiger partial charge in [-0.25, -0.2) is 14.4 Å². The van der Waals surface area contributed by atoms with Gasteiger partial charge in [0.25, 0.3) is 0 Å². The van der Waals surface area contributed by atoms with Crippen LogP contribution in [0.4, 0.5) is 33.5 Å². The number of nitrogens with two attached hydrogens (primary N) is 1. The maximum Gasteiger partial charge on any atom is 0.248 e. The van der Waals surface area contributed by atoms with Crippen molar-refractivity contribution in [2.75, 3.05) is 60.3 Å². The van der Waals surface area contributed by atoms with Crippen LogP contribution in [0.2, 0.25) is 0 Å². The third-order valence-corrected chi connectivity index (χ3v) is 5.94. The van der Waals surface area contributed by atoms with E-state index in [1.54, 1.807) is 12.1 Å². The van der Waals surface area contributed by atoms with Gasteiger partial charge in [0, 0.05) is 31.4 Å². The highest BCUT2D eigenvalue weighted by molar-refractivity contribution is 5.61. The highest BCUT2D eigenvalue weighted by Gasteiger charge is 2.25. The van der Waals surface area contributed by atoms with Crippen LogP contribution in [-0.4, -0.2) is 75.3 Å². The lowest BCUT2D eigenvalue weighted by molar-refractivity contribution is 0.122. The quantitative estimate of drug-likeness (QED) is 0.500. The molecule has 0 spiro atoms. The fraction of sp³-hybridized carbons (Fsp3) is 0.429. The Kier molecular flexibility index (Phi) is 5.92. The summed E-state index contributed by atoms with van der Waals surface area (Å²) >= 11 is 0. The van der Waals surface area contributed by atoms with Crippen LogP contribution < -0.4 is 20.9 Å². The molecule has 2 aliphatic heterocycles. The minimum Gasteiger partial charge on any atom is -0.394 e. The highest BCUT2D eigenvalue weighted by Crippen LogP contribution is 2.27. The van der Waals surface area contributed by atoms with Crippen molar-refractivity contribution in [3.05, 3.63) is 36.4 Å². The minimum atomic E-state index is -0.415. The zero-order valence-electron chi connectivity index (χ0n) is 18.1. The molecule has 5 rings (SSSR count). The Morgan fingerprint density at radius 2 is 1.97 bits per heavy atom. The SMILES string of the molecule is Nc1nc(Nc2ccc(N3CCOCC3)cc2F)nn1-c1cc(N2CCCC2CO)ncn1. The number of aliphatic hydroxyl groups is 1. The Balaban J connectivity index is 1.35. The standard InChI is InChI=1S/C21H26FN9O2/c22-16-10-14(29-6-8-33-9-7-29)3-4-17(16)26-21-27-20(23)31(28-21)19-11-18(24-13-25-19)30-5-1-2-15(30)12-32/h3-4,10-11,13,15,32H,1-2,5-9,12H2,(H3,23,26,27,28). The lowest BCUT2D eigenvalue weighted by Crippen LogP contribution is -2.36. The van der Waals surface area contributed by atoms with Crippen molar-refractivity contribution in [3.63, 3.8) is 0 Å². The van der Waals surface area contributed by atoms with Gasteiger partial charge < -0.3 is 30.7 Å². The number of aliphatic hydroxyl groups excluding tert-OH is 1. The largest absolute Gasteiger partial charge is 0.394 e. The molecule has 3 aromatic rings. The molecule has 4 heterocycles. The molecule has 4 N–H and O–H groups in total. The second kappa shape index (κ2) is 9.16. The fourth-order valence-electron chi connectivity index (χ4n) is 4.23. The maximum atomic E-state index is 14.8. The van der Waals surface area contributed by atoms with E-state index in [2.05, 4.69) is 30.3 Å². The van der Waals surface area contributed by atoms with E-state index in [9.17, 15) is 9.50 Å². The Morgan fingerprint density at radius 1 is 1.15 bits per heavy atom. The second-order valence-electron chi connectivity index (χ2n) is 8.00. The van der Waals surface area contributed by atoms with E-state index in [1.165, 1.54) is 17.1 Å². The van der Waals surface area contributed by atoms with Crippen LogP contribution in [0, 0.1) is 5.82 Å². The van der Waals surface area contributed by atoms with Gasteiger partial charge in [-0.05, 0) is 31.0 Å². The normalized spacial score (nSPS) is 18.7. The molecule has 2 saturated heterocycles. The van der Waals surface area contributed by atoms with Gasteiger partial charge in [0.15, 0.2) is 5.82 Å². The Labute approximate surface area is 190 Å². The van der Waals surface area contributed by atoms with Crippen molar-refractivity contribution in [3.8, 4) is 5.82 Å². The minimum absolute atomic E-state index is 0.0291. The average Bonchev–Trinajstić information content (AvgIpc) is 3.47. The van der Waals surface area contributed by atoms with Crippen LogP contribution in [0.5, 0.6) is 0 Å². The molecule has 1 atom stereocenters. The van der Waals surface area contributed by atoms with Crippen molar-refractivity contribution in [1.29, 1.82) is 0 Å². The van der Waals surface area contributed by atoms with E-state index in [-0.39, 0.29) is 30.2 Å². The molecular formula is C21H26FN9O2. The monoisotopic (exact) mass is 455 g/mol. The molecule has 12 heteroatoms. The number of ether oxygens (including phenoxy) is 1. The summed E-state index contributed by atoms with van der Waals surface area (Å²) in [7, 11) is 0. The number of morpholine rings is 1. The van der Waals surface area contributed by atoms with Crippen LogP contribution in [0.3, 0.4) is 0 Å². The van der Waals surface area contributed by atoms with Gasteiger partial charge in [0.05, 0.1) is 31.5 Å². The molecule has 2 fully saturated rings. The summed E-state index contributed by atoms with van der Waals surface area (Å²) in [5, 5.41) is 16.8. The summed E-state index contributed by atoms with van der Waals surface area (Å²) in [5.41, 5.74) is 7.11. The molecule has 1 unspecified atom stereocenters. The van der Waals surface area contributed by atoms with Crippen LogP contribution in [0.1, 0.15) is 12.8 Å². The van der Waals surface area contributed by atoms with Crippen molar-refractivity contribution < 1.29 is 14.2 Å². The first-order chi connectivity index (χ1) is 16.1. The number of anilines is 5. The molecule has 0 aliphatic carbocycles. The molecule has 1 aromatic carbocycles. The number of nitrogens with zero attached hydrogens (tertiary/aromatic N) is 7. The van der Waals surface area contributed by atoms with Gasteiger partial charge in [-0.15, -0.1) is 5.10 Å². The van der Waals surface area contributed by atoms with Gasteiger partial charge in [-0.1, -0.05) is 0 Å². The first kappa shape index (κ1) is 21.3. The number of hydrogen-bond acceptors (Lipinski definition) is 10. The van der Waals surface area contributed by atoms with Gasteiger partial charge in [0.1, 0.15) is 18.0 Å². The molecule has 2 aromatic heterocycles. The number of aromatic nitrogens is 5. The molecule has 0 bridgehead atoms. The average molecular weight is 455 g/mol.